The SMILES string of the molecule is C/C=C/C=C/COC(=O)CC(O)(CCCC(C)(C)O)C(=O)OC1C(OC)=CC23CCCN2CCc2cc4c(cc2C13)OCO4. The molecule has 4 aliphatic rings. The Kier molecular flexibility index (Phi) is 9.44. The summed E-state index contributed by atoms with van der Waals surface area (Å²) < 4.78 is 28.8. The number of hydrogen-bond acceptors (Lipinski definition) is 10. The van der Waals surface area contributed by atoms with Crippen LogP contribution < -0.4 is 9.47 Å². The Hall–Kier alpha value is -3.34. The van der Waals surface area contributed by atoms with Gasteiger partial charge in [0.1, 0.15) is 12.4 Å². The molecule has 0 radical (unpaired) electrons. The number of ether oxygens (including phenoxy) is 5. The van der Waals surface area contributed by atoms with Crippen molar-refractivity contribution in [2.45, 2.75) is 94.5 Å². The van der Waals surface area contributed by atoms with Crippen LogP contribution >= 0.6 is 0 Å². The van der Waals surface area contributed by atoms with Gasteiger partial charge < -0.3 is 33.9 Å². The van der Waals surface area contributed by atoms with E-state index in [4.69, 9.17) is 23.7 Å². The van der Waals surface area contributed by atoms with E-state index >= 15 is 0 Å². The van der Waals surface area contributed by atoms with Gasteiger partial charge in [0.25, 0.3) is 0 Å². The van der Waals surface area contributed by atoms with Gasteiger partial charge in [-0.1, -0.05) is 18.2 Å². The molecule has 5 rings (SSSR count). The number of methoxy groups -OCH3 is 1. The maximum Gasteiger partial charge on any atom is 0.339 e. The van der Waals surface area contributed by atoms with E-state index in [0.29, 0.717) is 23.7 Å². The molecule has 1 aliphatic carbocycles. The lowest BCUT2D eigenvalue weighted by atomic mass is 9.77. The summed E-state index contributed by atoms with van der Waals surface area (Å²) in [6, 6.07) is 4.01. The van der Waals surface area contributed by atoms with E-state index < -0.39 is 41.2 Å². The van der Waals surface area contributed by atoms with Gasteiger partial charge in [0, 0.05) is 6.54 Å². The number of carbonyl (C=O) groups excluding carboxylic acids is 2. The minimum atomic E-state index is -2.16. The van der Waals surface area contributed by atoms with Crippen LogP contribution in [-0.2, 0) is 30.2 Å². The summed E-state index contributed by atoms with van der Waals surface area (Å²) in [7, 11) is 1.56. The van der Waals surface area contributed by atoms with Crippen molar-refractivity contribution in [1.82, 2.24) is 4.90 Å². The lowest BCUT2D eigenvalue weighted by Crippen LogP contribution is -2.49. The van der Waals surface area contributed by atoms with Gasteiger partial charge in [0.05, 0.1) is 30.6 Å². The first-order chi connectivity index (χ1) is 21.0. The molecule has 2 N–H and O–H groups in total. The van der Waals surface area contributed by atoms with Crippen molar-refractivity contribution in [1.29, 1.82) is 0 Å². The van der Waals surface area contributed by atoms with E-state index in [1.807, 2.05) is 25.1 Å². The fourth-order valence-electron chi connectivity index (χ4n) is 7.07. The van der Waals surface area contributed by atoms with Crippen LogP contribution in [0.3, 0.4) is 0 Å². The fourth-order valence-corrected chi connectivity index (χ4v) is 7.07. The van der Waals surface area contributed by atoms with E-state index in [9.17, 15) is 19.8 Å². The number of allylic oxidation sites excluding steroid dienone is 3. The van der Waals surface area contributed by atoms with Gasteiger partial charge in [-0.3, -0.25) is 9.69 Å². The summed E-state index contributed by atoms with van der Waals surface area (Å²) >= 11 is 0. The molecule has 1 aromatic carbocycles. The molecule has 10 nitrogen and oxygen atoms in total. The first kappa shape index (κ1) is 32.1. The molecule has 10 heteroatoms. The molecule has 0 bridgehead atoms. The molecule has 1 spiro atoms. The Labute approximate surface area is 259 Å². The Morgan fingerprint density at radius 2 is 1.91 bits per heavy atom. The molecule has 4 atom stereocenters. The maximum atomic E-state index is 14.0. The average molecular weight is 612 g/mol. The molecule has 3 heterocycles. The molecule has 3 aliphatic heterocycles. The second-order valence-electron chi connectivity index (χ2n) is 12.8. The van der Waals surface area contributed by atoms with E-state index in [0.717, 1.165) is 43.5 Å². The van der Waals surface area contributed by atoms with Crippen molar-refractivity contribution in [2.75, 3.05) is 33.6 Å². The van der Waals surface area contributed by atoms with E-state index in [2.05, 4.69) is 11.0 Å². The number of rotatable bonds is 12. The molecular weight excluding hydrogens is 566 g/mol. The molecule has 1 aromatic rings. The van der Waals surface area contributed by atoms with Crippen LogP contribution in [0.2, 0.25) is 0 Å². The monoisotopic (exact) mass is 611 g/mol. The van der Waals surface area contributed by atoms with Crippen LogP contribution in [0.1, 0.15) is 76.3 Å². The van der Waals surface area contributed by atoms with Gasteiger partial charge in [-0.15, -0.1) is 0 Å². The highest BCUT2D eigenvalue weighted by Crippen LogP contribution is 2.55. The molecule has 0 saturated carbocycles. The number of aliphatic hydroxyl groups is 2. The molecular formula is C34H45NO9. The minimum absolute atomic E-state index is 0.00444. The normalized spacial score (nSPS) is 25.6. The largest absolute Gasteiger partial charge is 0.497 e. The average Bonchev–Trinajstić information content (AvgIpc) is 3.65. The van der Waals surface area contributed by atoms with Gasteiger partial charge in [-0.05, 0) is 101 Å². The minimum Gasteiger partial charge on any atom is -0.497 e. The van der Waals surface area contributed by atoms with Gasteiger partial charge in [0.15, 0.2) is 23.2 Å². The van der Waals surface area contributed by atoms with Gasteiger partial charge in [0.2, 0.25) is 6.79 Å². The number of nitrogens with zero attached hydrogens (tertiary/aromatic N) is 1. The Morgan fingerprint density at radius 3 is 2.64 bits per heavy atom. The van der Waals surface area contributed by atoms with Crippen LogP contribution in [0.4, 0.5) is 0 Å². The smallest absolute Gasteiger partial charge is 0.339 e. The standard InChI is InChI=1S/C34H45NO9/c1-5-6-7-8-17-41-28(36)21-34(39,14-9-12-32(2,3)38)31(37)44-30-27(40-4)20-33-13-10-15-35(33)16-11-23-18-25-26(43-22-42-25)19-24(23)29(30)33/h5-8,18-20,29-30,38-39H,9-17,21-22H2,1-4H3/b6-5+,8-7+. The third-order valence-electron chi connectivity index (χ3n) is 9.17. The first-order valence-corrected chi connectivity index (χ1v) is 15.5. The molecule has 0 amide bonds. The van der Waals surface area contributed by atoms with Crippen molar-refractivity contribution in [3.8, 4) is 11.5 Å². The fraction of sp³-hybridized carbons (Fsp3) is 0.588. The second kappa shape index (κ2) is 12.9. The number of carbonyl (C=O) groups is 2. The highest BCUT2D eigenvalue weighted by Gasteiger charge is 2.59. The highest BCUT2D eigenvalue weighted by atomic mass is 16.7. The zero-order valence-corrected chi connectivity index (χ0v) is 26.2. The zero-order valence-electron chi connectivity index (χ0n) is 26.2. The summed E-state index contributed by atoms with van der Waals surface area (Å²) in [5.74, 6) is -0.104. The Bertz CT molecular complexity index is 1330. The van der Waals surface area contributed by atoms with Crippen LogP contribution in [0.25, 0.3) is 0 Å². The third-order valence-corrected chi connectivity index (χ3v) is 9.17. The number of benzene rings is 1. The van der Waals surface area contributed by atoms with Crippen LogP contribution in [0.15, 0.2) is 48.3 Å². The lowest BCUT2D eigenvalue weighted by molar-refractivity contribution is -0.179. The third kappa shape index (κ3) is 6.53. The Balaban J connectivity index is 1.44. The summed E-state index contributed by atoms with van der Waals surface area (Å²) in [4.78, 5) is 29.3. The topological polar surface area (TPSA) is 124 Å². The molecule has 1 saturated heterocycles. The lowest BCUT2D eigenvalue weighted by Gasteiger charge is -2.39. The number of fused-ring (bicyclic) bond motifs is 3. The highest BCUT2D eigenvalue weighted by molar-refractivity contribution is 5.86. The van der Waals surface area contributed by atoms with Crippen molar-refractivity contribution < 1.29 is 43.5 Å². The van der Waals surface area contributed by atoms with Crippen molar-refractivity contribution >= 4 is 11.9 Å². The van der Waals surface area contributed by atoms with Gasteiger partial charge in [-0.25, -0.2) is 4.79 Å². The summed E-state index contributed by atoms with van der Waals surface area (Å²) in [6.07, 6.45) is 10.9. The first-order valence-electron chi connectivity index (χ1n) is 15.5. The zero-order chi connectivity index (χ0) is 31.5. The van der Waals surface area contributed by atoms with Crippen LogP contribution in [0.5, 0.6) is 11.5 Å². The van der Waals surface area contributed by atoms with E-state index in [-0.39, 0.29) is 32.2 Å². The number of esters is 2. The van der Waals surface area contributed by atoms with Gasteiger partial charge >= 0.3 is 11.9 Å². The molecule has 44 heavy (non-hydrogen) atoms. The van der Waals surface area contributed by atoms with Gasteiger partial charge in [-0.2, -0.15) is 0 Å². The number of hydrogen-bond donors (Lipinski definition) is 2. The van der Waals surface area contributed by atoms with E-state index in [1.165, 1.54) is 0 Å². The molecule has 0 aromatic heterocycles. The summed E-state index contributed by atoms with van der Waals surface area (Å²) in [6.45, 7) is 7.08. The van der Waals surface area contributed by atoms with Crippen molar-refractivity contribution in [2.24, 2.45) is 0 Å². The van der Waals surface area contributed by atoms with Crippen molar-refractivity contribution in [3.63, 3.8) is 0 Å². The molecule has 240 valence electrons. The Morgan fingerprint density at radius 1 is 1.14 bits per heavy atom. The van der Waals surface area contributed by atoms with Crippen LogP contribution in [0, 0.1) is 0 Å². The quantitative estimate of drug-likeness (QED) is 0.264. The predicted molar refractivity (Wildman–Crippen MR) is 162 cm³/mol. The van der Waals surface area contributed by atoms with Crippen LogP contribution in [-0.4, -0.2) is 83.5 Å². The summed E-state index contributed by atoms with van der Waals surface area (Å²) in [5.41, 5.74) is -1.52. The second-order valence-corrected chi connectivity index (χ2v) is 12.8. The molecule has 1 fully saturated rings. The summed E-state index contributed by atoms with van der Waals surface area (Å²) in [5, 5.41) is 22.0. The van der Waals surface area contributed by atoms with Crippen molar-refractivity contribution in [3.05, 3.63) is 59.4 Å². The molecule has 4 unspecified atom stereocenters. The maximum absolute atomic E-state index is 14.0. The van der Waals surface area contributed by atoms with E-state index in [1.54, 1.807) is 39.2 Å². The predicted octanol–water partition coefficient (Wildman–Crippen LogP) is 4.08.